The lowest BCUT2D eigenvalue weighted by atomic mass is 9.63. The molecule has 0 aliphatic heterocycles. The van der Waals surface area contributed by atoms with Crippen LogP contribution in [-0.4, -0.2) is 62.6 Å². The van der Waals surface area contributed by atoms with E-state index in [4.69, 9.17) is 18.9 Å². The number of hydrogen-bond acceptors (Lipinski definition) is 7. The fourth-order valence-electron chi connectivity index (χ4n) is 4.27. The molecule has 0 heterocycles. The lowest BCUT2D eigenvalue weighted by Gasteiger charge is -2.45. The van der Waals surface area contributed by atoms with Crippen LogP contribution in [0.2, 0.25) is 0 Å². The van der Waals surface area contributed by atoms with Gasteiger partial charge in [-0.3, -0.25) is 0 Å². The van der Waals surface area contributed by atoms with Crippen molar-refractivity contribution < 1.29 is 34.3 Å². The van der Waals surface area contributed by atoms with E-state index >= 15 is 0 Å². The van der Waals surface area contributed by atoms with Gasteiger partial charge in [0.25, 0.3) is 0 Å². The van der Waals surface area contributed by atoms with E-state index in [-0.39, 0.29) is 6.61 Å². The predicted molar refractivity (Wildman–Crippen MR) is 107 cm³/mol. The highest BCUT2D eigenvalue weighted by molar-refractivity contribution is 5.55. The zero-order valence-corrected chi connectivity index (χ0v) is 17.1. The smallest absolute Gasteiger partial charge is 0.161 e. The zero-order valence-electron chi connectivity index (χ0n) is 17.1. The maximum Gasteiger partial charge on any atom is 0.161 e. The number of aliphatic hydroxyl groups is 3. The third kappa shape index (κ3) is 3.50. The van der Waals surface area contributed by atoms with Crippen LogP contribution in [0.5, 0.6) is 23.0 Å². The molecule has 3 atom stereocenters. The Labute approximate surface area is 170 Å². The normalized spacial score (nSPS) is 23.3. The molecule has 1 aliphatic rings. The van der Waals surface area contributed by atoms with E-state index in [0.717, 1.165) is 16.7 Å². The standard InChI is InChI=1S/C22H28O7/c1-26-17-6-5-13(8-18(17)27-2)21-16-10-20(29-4)19(28-3)9-14(16)7-15(11-23)22(21,25)12-24/h5-6,8-10,15,21,23-25H,7,11-12H2,1-4H3/t15-,21-,22+/m0/s1. The van der Waals surface area contributed by atoms with Gasteiger partial charge in [-0.15, -0.1) is 0 Å². The fraction of sp³-hybridized carbons (Fsp3) is 0.455. The summed E-state index contributed by atoms with van der Waals surface area (Å²) in [5, 5.41) is 31.7. The van der Waals surface area contributed by atoms with Crippen molar-refractivity contribution in [3.8, 4) is 23.0 Å². The van der Waals surface area contributed by atoms with E-state index in [1.807, 2.05) is 18.2 Å². The minimum Gasteiger partial charge on any atom is -0.493 e. The maximum atomic E-state index is 11.5. The summed E-state index contributed by atoms with van der Waals surface area (Å²) in [4.78, 5) is 0. The molecule has 0 unspecified atom stereocenters. The highest BCUT2D eigenvalue weighted by atomic mass is 16.5. The summed E-state index contributed by atoms with van der Waals surface area (Å²) >= 11 is 0. The van der Waals surface area contributed by atoms with Gasteiger partial charge in [0.05, 0.1) is 35.0 Å². The van der Waals surface area contributed by atoms with Gasteiger partial charge in [-0.25, -0.2) is 0 Å². The Balaban J connectivity index is 2.27. The molecule has 1 aliphatic carbocycles. The van der Waals surface area contributed by atoms with Crippen LogP contribution in [-0.2, 0) is 6.42 Å². The average molecular weight is 404 g/mol. The molecule has 0 spiro atoms. The van der Waals surface area contributed by atoms with Crippen LogP contribution in [0, 0.1) is 5.92 Å². The molecule has 0 bridgehead atoms. The summed E-state index contributed by atoms with van der Waals surface area (Å²) in [7, 11) is 6.20. The van der Waals surface area contributed by atoms with Crippen LogP contribution in [0.4, 0.5) is 0 Å². The summed E-state index contributed by atoms with van der Waals surface area (Å²) in [5.41, 5.74) is 0.877. The molecule has 0 radical (unpaired) electrons. The summed E-state index contributed by atoms with van der Waals surface area (Å²) in [5.74, 6) is 0.997. The van der Waals surface area contributed by atoms with Crippen molar-refractivity contribution in [1.29, 1.82) is 0 Å². The molecule has 7 nitrogen and oxygen atoms in total. The first-order chi connectivity index (χ1) is 14.0. The van der Waals surface area contributed by atoms with E-state index in [1.54, 1.807) is 40.6 Å². The maximum absolute atomic E-state index is 11.5. The Hall–Kier alpha value is -2.48. The second-order valence-corrected chi connectivity index (χ2v) is 7.19. The van der Waals surface area contributed by atoms with Gasteiger partial charge < -0.3 is 34.3 Å². The number of ether oxygens (including phenoxy) is 4. The van der Waals surface area contributed by atoms with Crippen molar-refractivity contribution in [2.75, 3.05) is 41.7 Å². The molecule has 0 saturated carbocycles. The molecule has 7 heteroatoms. The molecule has 0 fully saturated rings. The first-order valence-electron chi connectivity index (χ1n) is 9.38. The van der Waals surface area contributed by atoms with Gasteiger partial charge in [-0.05, 0) is 47.4 Å². The van der Waals surface area contributed by atoms with E-state index in [2.05, 4.69) is 0 Å². The topological polar surface area (TPSA) is 97.6 Å². The summed E-state index contributed by atoms with van der Waals surface area (Å²) in [6.07, 6.45) is 0.396. The van der Waals surface area contributed by atoms with Gasteiger partial charge in [0.15, 0.2) is 23.0 Å². The first-order valence-corrected chi connectivity index (χ1v) is 9.38. The van der Waals surface area contributed by atoms with Gasteiger partial charge in [-0.1, -0.05) is 6.07 Å². The Kier molecular flexibility index (Phi) is 6.21. The monoisotopic (exact) mass is 404 g/mol. The molecule has 158 valence electrons. The first kappa shape index (κ1) is 21.2. The molecule has 0 amide bonds. The number of aliphatic hydroxyl groups excluding tert-OH is 2. The van der Waals surface area contributed by atoms with Crippen molar-refractivity contribution in [2.45, 2.75) is 17.9 Å². The van der Waals surface area contributed by atoms with Crippen molar-refractivity contribution in [1.82, 2.24) is 0 Å². The van der Waals surface area contributed by atoms with Gasteiger partial charge in [0.1, 0.15) is 5.60 Å². The summed E-state index contributed by atoms with van der Waals surface area (Å²) < 4.78 is 21.6. The van der Waals surface area contributed by atoms with Crippen molar-refractivity contribution in [3.63, 3.8) is 0 Å². The van der Waals surface area contributed by atoms with Crippen LogP contribution in [0.25, 0.3) is 0 Å². The zero-order chi connectivity index (χ0) is 21.2. The summed E-state index contributed by atoms with van der Waals surface area (Å²) in [6.45, 7) is -0.778. The van der Waals surface area contributed by atoms with Crippen LogP contribution in [0.15, 0.2) is 30.3 Å². The van der Waals surface area contributed by atoms with Gasteiger partial charge in [-0.2, -0.15) is 0 Å². The van der Waals surface area contributed by atoms with E-state index < -0.39 is 24.0 Å². The second kappa shape index (κ2) is 8.49. The molecule has 3 rings (SSSR count). The Morgan fingerprint density at radius 2 is 1.45 bits per heavy atom. The molecular formula is C22H28O7. The Bertz CT molecular complexity index is 866. The van der Waals surface area contributed by atoms with Crippen LogP contribution in [0.3, 0.4) is 0 Å². The molecule has 2 aromatic carbocycles. The largest absolute Gasteiger partial charge is 0.493 e. The average Bonchev–Trinajstić information content (AvgIpc) is 2.77. The Morgan fingerprint density at radius 3 is 2.00 bits per heavy atom. The molecule has 0 saturated heterocycles. The van der Waals surface area contributed by atoms with Crippen LogP contribution < -0.4 is 18.9 Å². The van der Waals surface area contributed by atoms with E-state index in [0.29, 0.717) is 29.4 Å². The Morgan fingerprint density at radius 1 is 0.862 bits per heavy atom. The highest BCUT2D eigenvalue weighted by Crippen LogP contribution is 2.50. The number of rotatable bonds is 7. The molecule has 2 aromatic rings. The van der Waals surface area contributed by atoms with Gasteiger partial charge in [0.2, 0.25) is 0 Å². The third-order valence-electron chi connectivity index (χ3n) is 5.84. The third-order valence-corrected chi connectivity index (χ3v) is 5.84. The SMILES string of the molecule is COc1ccc([C@H]2c3cc(OC)c(OC)cc3C[C@@H](CO)[C@]2(O)CO)cc1OC. The van der Waals surface area contributed by atoms with E-state index in [1.165, 1.54) is 0 Å². The van der Waals surface area contributed by atoms with Crippen LogP contribution >= 0.6 is 0 Å². The number of benzene rings is 2. The van der Waals surface area contributed by atoms with Gasteiger partial charge in [0, 0.05) is 18.4 Å². The van der Waals surface area contributed by atoms with Crippen molar-refractivity contribution in [3.05, 3.63) is 47.0 Å². The molecule has 3 N–H and O–H groups in total. The lowest BCUT2D eigenvalue weighted by Crippen LogP contribution is -2.52. The van der Waals surface area contributed by atoms with E-state index in [9.17, 15) is 15.3 Å². The highest BCUT2D eigenvalue weighted by Gasteiger charge is 2.49. The van der Waals surface area contributed by atoms with Gasteiger partial charge >= 0.3 is 0 Å². The van der Waals surface area contributed by atoms with Crippen LogP contribution in [0.1, 0.15) is 22.6 Å². The quantitative estimate of drug-likeness (QED) is 0.647. The number of methoxy groups -OCH3 is 4. The minimum atomic E-state index is -1.57. The molecule has 0 aromatic heterocycles. The van der Waals surface area contributed by atoms with Crippen molar-refractivity contribution >= 4 is 0 Å². The number of hydrogen-bond donors (Lipinski definition) is 3. The number of fused-ring (bicyclic) bond motifs is 1. The predicted octanol–water partition coefficient (Wildman–Crippen LogP) is 1.74. The molecular weight excluding hydrogens is 376 g/mol. The fourth-order valence-corrected chi connectivity index (χ4v) is 4.27. The van der Waals surface area contributed by atoms with Crippen molar-refractivity contribution in [2.24, 2.45) is 5.92 Å². The minimum absolute atomic E-state index is 0.269. The summed E-state index contributed by atoms with van der Waals surface area (Å²) in [6, 6.07) is 9.05. The second-order valence-electron chi connectivity index (χ2n) is 7.19. The lowest BCUT2D eigenvalue weighted by molar-refractivity contribution is -0.0936. The molecule has 29 heavy (non-hydrogen) atoms.